The van der Waals surface area contributed by atoms with Crippen molar-refractivity contribution in [3.05, 3.63) is 66.0 Å². The van der Waals surface area contributed by atoms with Crippen molar-refractivity contribution in [1.82, 2.24) is 25.5 Å². The van der Waals surface area contributed by atoms with Crippen molar-refractivity contribution in [2.45, 2.75) is 19.1 Å². The van der Waals surface area contributed by atoms with Gasteiger partial charge in [-0.2, -0.15) is 0 Å². The number of methoxy groups -OCH3 is 1. The minimum Gasteiger partial charge on any atom is -0.497 e. The molecule has 25 heavy (non-hydrogen) atoms. The molecule has 0 fully saturated rings. The highest BCUT2D eigenvalue weighted by Gasteiger charge is 2.11. The molecule has 0 saturated heterocycles. The lowest BCUT2D eigenvalue weighted by molar-refractivity contribution is 0.170. The third-order valence-corrected chi connectivity index (χ3v) is 4.10. The molecule has 7 nitrogen and oxygen atoms in total. The van der Waals surface area contributed by atoms with Crippen LogP contribution in [0.25, 0.3) is 5.69 Å². The number of benzene rings is 2. The maximum absolute atomic E-state index is 10.4. The van der Waals surface area contributed by atoms with Crippen LogP contribution in [-0.4, -0.2) is 39.0 Å². The summed E-state index contributed by atoms with van der Waals surface area (Å²) in [4.78, 5) is 0. The van der Waals surface area contributed by atoms with Crippen LogP contribution in [-0.2, 0) is 0 Å². The first-order valence-corrected chi connectivity index (χ1v) is 8.06. The van der Waals surface area contributed by atoms with Crippen LogP contribution in [0.3, 0.4) is 0 Å². The molecule has 0 unspecified atom stereocenters. The van der Waals surface area contributed by atoms with Crippen LogP contribution in [0.15, 0.2) is 54.9 Å². The zero-order valence-electron chi connectivity index (χ0n) is 14.2. The molecule has 3 rings (SSSR count). The van der Waals surface area contributed by atoms with Gasteiger partial charge in [-0.3, -0.25) is 0 Å². The smallest absolute Gasteiger partial charge is 0.143 e. The van der Waals surface area contributed by atoms with E-state index < -0.39 is 6.10 Å². The van der Waals surface area contributed by atoms with Crippen LogP contribution in [0.4, 0.5) is 0 Å². The Bertz CT molecular complexity index is 789. The Morgan fingerprint density at radius 2 is 1.96 bits per heavy atom. The number of nitrogens with one attached hydrogen (secondary N) is 1. The van der Waals surface area contributed by atoms with Gasteiger partial charge in [-0.05, 0) is 52.7 Å². The summed E-state index contributed by atoms with van der Waals surface area (Å²) in [6, 6.07) is 15.5. The van der Waals surface area contributed by atoms with Crippen molar-refractivity contribution in [2.24, 2.45) is 0 Å². The maximum Gasteiger partial charge on any atom is 0.143 e. The molecule has 2 N–H and O–H groups in total. The predicted octanol–water partition coefficient (Wildman–Crippen LogP) is 2.06. The summed E-state index contributed by atoms with van der Waals surface area (Å²) < 4.78 is 6.80. The van der Waals surface area contributed by atoms with Crippen molar-refractivity contribution in [3.8, 4) is 11.4 Å². The molecule has 1 heterocycles. The van der Waals surface area contributed by atoms with Crippen LogP contribution in [0.1, 0.15) is 30.2 Å². The molecular weight excluding hydrogens is 318 g/mol. The van der Waals surface area contributed by atoms with E-state index in [1.807, 2.05) is 48.5 Å². The number of aliphatic hydroxyl groups excluding tert-OH is 1. The van der Waals surface area contributed by atoms with E-state index in [-0.39, 0.29) is 6.04 Å². The van der Waals surface area contributed by atoms with Crippen molar-refractivity contribution in [1.29, 1.82) is 0 Å². The van der Waals surface area contributed by atoms with Crippen LogP contribution in [0.5, 0.6) is 5.75 Å². The molecule has 0 aliphatic carbocycles. The number of nitrogens with zero attached hydrogens (tertiary/aromatic N) is 4. The van der Waals surface area contributed by atoms with Gasteiger partial charge in [-0.15, -0.1) is 5.10 Å². The highest BCUT2D eigenvalue weighted by Crippen LogP contribution is 2.20. The monoisotopic (exact) mass is 339 g/mol. The minimum absolute atomic E-state index is 0.100. The van der Waals surface area contributed by atoms with E-state index in [0.29, 0.717) is 6.54 Å². The maximum atomic E-state index is 10.4. The summed E-state index contributed by atoms with van der Waals surface area (Å²) in [7, 11) is 1.62. The Kier molecular flexibility index (Phi) is 5.37. The first kappa shape index (κ1) is 17.1. The van der Waals surface area contributed by atoms with Gasteiger partial charge in [0.15, 0.2) is 0 Å². The quantitative estimate of drug-likeness (QED) is 0.685. The molecular formula is C18H21N5O2. The molecule has 0 amide bonds. The summed E-state index contributed by atoms with van der Waals surface area (Å²) in [6.07, 6.45) is 0.958. The second-order valence-electron chi connectivity index (χ2n) is 5.77. The van der Waals surface area contributed by atoms with E-state index in [0.717, 1.165) is 22.6 Å². The lowest BCUT2D eigenvalue weighted by atomic mass is 10.1. The topological polar surface area (TPSA) is 85.1 Å². The van der Waals surface area contributed by atoms with Gasteiger partial charge >= 0.3 is 0 Å². The zero-order valence-corrected chi connectivity index (χ0v) is 14.2. The second-order valence-corrected chi connectivity index (χ2v) is 5.77. The first-order valence-electron chi connectivity index (χ1n) is 8.06. The van der Waals surface area contributed by atoms with Crippen molar-refractivity contribution in [2.75, 3.05) is 13.7 Å². The molecule has 7 heteroatoms. The molecule has 2 aromatic carbocycles. The Morgan fingerprint density at radius 3 is 2.64 bits per heavy atom. The third kappa shape index (κ3) is 4.20. The zero-order chi connectivity index (χ0) is 17.6. The molecule has 0 saturated carbocycles. The number of hydrogen-bond donors (Lipinski definition) is 2. The highest BCUT2D eigenvalue weighted by molar-refractivity contribution is 5.34. The van der Waals surface area contributed by atoms with Gasteiger partial charge < -0.3 is 15.2 Å². The standard InChI is InChI=1S/C18H21N5O2/c1-13(14-6-8-16(9-7-14)23-12-20-21-22-23)19-11-18(24)15-4-3-5-17(10-15)25-2/h3-10,12-13,18-19,24H,11H2,1-2H3/t13-,18-/m1/s1. The Morgan fingerprint density at radius 1 is 1.16 bits per heavy atom. The molecule has 1 aromatic heterocycles. The largest absolute Gasteiger partial charge is 0.497 e. The van der Waals surface area contributed by atoms with Crippen molar-refractivity contribution >= 4 is 0 Å². The van der Waals surface area contributed by atoms with Crippen LogP contribution in [0, 0.1) is 0 Å². The van der Waals surface area contributed by atoms with E-state index >= 15 is 0 Å². The predicted molar refractivity (Wildman–Crippen MR) is 93.5 cm³/mol. The van der Waals surface area contributed by atoms with Gasteiger partial charge in [0.2, 0.25) is 0 Å². The highest BCUT2D eigenvalue weighted by atomic mass is 16.5. The first-order chi connectivity index (χ1) is 12.2. The SMILES string of the molecule is COc1cccc([C@H](O)CN[C@H](C)c2ccc(-n3cnnn3)cc2)c1. The summed E-state index contributed by atoms with van der Waals surface area (Å²) >= 11 is 0. The summed E-state index contributed by atoms with van der Waals surface area (Å²) in [5.41, 5.74) is 2.85. The van der Waals surface area contributed by atoms with E-state index in [9.17, 15) is 5.11 Å². The lowest BCUT2D eigenvalue weighted by Gasteiger charge is -2.18. The summed E-state index contributed by atoms with van der Waals surface area (Å²) in [6.45, 7) is 2.51. The molecule has 0 radical (unpaired) electrons. The fourth-order valence-corrected chi connectivity index (χ4v) is 2.57. The number of hydrogen-bond acceptors (Lipinski definition) is 6. The minimum atomic E-state index is -0.599. The summed E-state index contributed by atoms with van der Waals surface area (Å²) in [5, 5.41) is 24.8. The molecule has 3 aromatic rings. The van der Waals surface area contributed by atoms with E-state index in [1.54, 1.807) is 18.1 Å². The number of ether oxygens (including phenoxy) is 1. The summed E-state index contributed by atoms with van der Waals surface area (Å²) in [5.74, 6) is 0.739. The Labute approximate surface area is 146 Å². The Hall–Kier alpha value is -2.77. The average molecular weight is 339 g/mol. The second kappa shape index (κ2) is 7.87. The van der Waals surface area contributed by atoms with Crippen molar-refractivity contribution < 1.29 is 9.84 Å². The van der Waals surface area contributed by atoms with Crippen LogP contribution < -0.4 is 10.1 Å². The fourth-order valence-electron chi connectivity index (χ4n) is 2.57. The van der Waals surface area contributed by atoms with Gasteiger partial charge in [0, 0.05) is 12.6 Å². The van der Waals surface area contributed by atoms with E-state index in [1.165, 1.54) is 0 Å². The molecule has 0 spiro atoms. The van der Waals surface area contributed by atoms with Crippen LogP contribution >= 0.6 is 0 Å². The lowest BCUT2D eigenvalue weighted by Crippen LogP contribution is -2.24. The van der Waals surface area contributed by atoms with Crippen LogP contribution in [0.2, 0.25) is 0 Å². The van der Waals surface area contributed by atoms with E-state index in [2.05, 4.69) is 27.8 Å². The number of aliphatic hydroxyl groups is 1. The van der Waals surface area contributed by atoms with Crippen molar-refractivity contribution in [3.63, 3.8) is 0 Å². The van der Waals surface area contributed by atoms with Gasteiger partial charge in [-0.25, -0.2) is 4.68 Å². The number of rotatable bonds is 7. The van der Waals surface area contributed by atoms with E-state index in [4.69, 9.17) is 4.74 Å². The molecule has 2 atom stereocenters. The van der Waals surface area contributed by atoms with Gasteiger partial charge in [0.05, 0.1) is 18.9 Å². The molecule has 0 aliphatic heterocycles. The van der Waals surface area contributed by atoms with Gasteiger partial charge in [0.1, 0.15) is 12.1 Å². The van der Waals surface area contributed by atoms with Gasteiger partial charge in [0.25, 0.3) is 0 Å². The fraction of sp³-hybridized carbons (Fsp3) is 0.278. The van der Waals surface area contributed by atoms with Gasteiger partial charge in [-0.1, -0.05) is 24.3 Å². The molecule has 130 valence electrons. The third-order valence-electron chi connectivity index (χ3n) is 4.10. The normalized spacial score (nSPS) is 13.4. The molecule has 0 aliphatic rings. The number of aromatic nitrogens is 4. The molecule has 0 bridgehead atoms. The average Bonchev–Trinajstić information content (AvgIpc) is 3.20. The number of tetrazole rings is 1. The Balaban J connectivity index is 1.59.